The van der Waals surface area contributed by atoms with Crippen LogP contribution in [0.25, 0.3) is 16.6 Å². The molecule has 4 rings (SSSR count). The molecule has 0 aliphatic heterocycles. The summed E-state index contributed by atoms with van der Waals surface area (Å²) in [6, 6.07) is 22.1. The lowest BCUT2D eigenvalue weighted by Gasteiger charge is -2.17. The first-order chi connectivity index (χ1) is 15.5. The van der Waals surface area contributed by atoms with Gasteiger partial charge in [-0.15, -0.1) is 0 Å². The molecule has 0 saturated heterocycles. The molecule has 0 radical (unpaired) electrons. The van der Waals surface area contributed by atoms with Crippen molar-refractivity contribution >= 4 is 45.9 Å². The minimum absolute atomic E-state index is 0.162. The number of hydrogen-bond donors (Lipinski definition) is 1. The number of rotatable bonds is 6. The van der Waals surface area contributed by atoms with Gasteiger partial charge in [-0.3, -0.25) is 14.2 Å². The molecule has 3 aromatic carbocycles. The number of aromatic nitrogens is 2. The number of benzene rings is 3. The molecule has 7 heteroatoms. The van der Waals surface area contributed by atoms with Gasteiger partial charge in [0.05, 0.1) is 21.8 Å². The molecule has 0 saturated carbocycles. The summed E-state index contributed by atoms with van der Waals surface area (Å²) in [5.74, 6) is -0.201. The maximum Gasteiger partial charge on any atom is 0.266 e. The van der Waals surface area contributed by atoms with E-state index >= 15 is 0 Å². The number of amides is 1. The van der Waals surface area contributed by atoms with Crippen LogP contribution in [0, 0.1) is 0 Å². The number of carbonyl (C=O) groups is 1. The summed E-state index contributed by atoms with van der Waals surface area (Å²) in [5.41, 5.74) is 2.96. The minimum atomic E-state index is -0.497. The van der Waals surface area contributed by atoms with E-state index < -0.39 is 5.25 Å². The first kappa shape index (κ1) is 22.1. The number of nitrogens with zero attached hydrogens (tertiary/aromatic N) is 2. The Morgan fingerprint density at radius 2 is 1.84 bits per heavy atom. The van der Waals surface area contributed by atoms with E-state index in [0.717, 1.165) is 12.1 Å². The predicted octanol–water partition coefficient (Wildman–Crippen LogP) is 5.72. The van der Waals surface area contributed by atoms with Crippen molar-refractivity contribution in [3.05, 3.63) is 93.7 Å². The van der Waals surface area contributed by atoms with Crippen molar-refractivity contribution in [3.8, 4) is 5.69 Å². The zero-order valence-electron chi connectivity index (χ0n) is 17.7. The van der Waals surface area contributed by atoms with E-state index in [1.165, 1.54) is 17.3 Å². The van der Waals surface area contributed by atoms with Crippen LogP contribution in [0.3, 0.4) is 0 Å². The summed E-state index contributed by atoms with van der Waals surface area (Å²) in [6.07, 6.45) is 0.910. The summed E-state index contributed by atoms with van der Waals surface area (Å²) in [6.45, 7) is 3.87. The fraction of sp³-hybridized carbons (Fsp3) is 0.160. The van der Waals surface area contributed by atoms with E-state index in [9.17, 15) is 9.59 Å². The Labute approximate surface area is 195 Å². The monoisotopic (exact) mass is 463 g/mol. The van der Waals surface area contributed by atoms with Crippen molar-refractivity contribution in [3.63, 3.8) is 0 Å². The van der Waals surface area contributed by atoms with Gasteiger partial charge in [-0.2, -0.15) is 0 Å². The van der Waals surface area contributed by atoms with Crippen molar-refractivity contribution in [2.24, 2.45) is 0 Å². The van der Waals surface area contributed by atoms with E-state index in [1.807, 2.05) is 42.5 Å². The van der Waals surface area contributed by atoms with Crippen LogP contribution in [-0.2, 0) is 11.2 Å². The van der Waals surface area contributed by atoms with E-state index in [0.29, 0.717) is 26.8 Å². The number of hydrogen-bond acceptors (Lipinski definition) is 4. The Kier molecular flexibility index (Phi) is 6.63. The molecule has 1 N–H and O–H groups in total. The van der Waals surface area contributed by atoms with Crippen molar-refractivity contribution in [1.29, 1.82) is 0 Å². The van der Waals surface area contributed by atoms with Crippen molar-refractivity contribution in [2.75, 3.05) is 5.32 Å². The normalized spacial score (nSPS) is 12.0. The highest BCUT2D eigenvalue weighted by Crippen LogP contribution is 2.26. The van der Waals surface area contributed by atoms with Gasteiger partial charge in [0, 0.05) is 10.7 Å². The second kappa shape index (κ2) is 9.59. The molecule has 0 spiro atoms. The second-order valence-corrected chi connectivity index (χ2v) is 9.08. The zero-order chi connectivity index (χ0) is 22.7. The van der Waals surface area contributed by atoms with Gasteiger partial charge in [-0.25, -0.2) is 4.98 Å². The Morgan fingerprint density at radius 3 is 2.56 bits per heavy atom. The van der Waals surface area contributed by atoms with Crippen LogP contribution in [0.5, 0.6) is 0 Å². The number of fused-ring (bicyclic) bond motifs is 1. The summed E-state index contributed by atoms with van der Waals surface area (Å²) < 4.78 is 1.58. The van der Waals surface area contributed by atoms with Gasteiger partial charge < -0.3 is 5.32 Å². The maximum atomic E-state index is 13.4. The van der Waals surface area contributed by atoms with Gasteiger partial charge in [0.2, 0.25) is 5.91 Å². The zero-order valence-corrected chi connectivity index (χ0v) is 19.3. The maximum absolute atomic E-state index is 13.4. The lowest BCUT2D eigenvalue weighted by atomic mass is 10.1. The third-order valence-electron chi connectivity index (χ3n) is 5.09. The third-order valence-corrected chi connectivity index (χ3v) is 6.38. The smallest absolute Gasteiger partial charge is 0.266 e. The molecule has 1 aromatic heterocycles. The number of halogens is 1. The van der Waals surface area contributed by atoms with Gasteiger partial charge in [-0.05, 0) is 61.4 Å². The molecule has 0 fully saturated rings. The van der Waals surface area contributed by atoms with Crippen molar-refractivity contribution < 1.29 is 4.79 Å². The highest BCUT2D eigenvalue weighted by Gasteiger charge is 2.20. The molecule has 0 aliphatic carbocycles. The highest BCUT2D eigenvalue weighted by molar-refractivity contribution is 8.00. The molecular formula is C25H22ClN3O2S. The minimum Gasteiger partial charge on any atom is -0.325 e. The summed E-state index contributed by atoms with van der Waals surface area (Å²) >= 11 is 7.26. The standard InChI is InChI=1S/C25H22ClN3O2S/c1-3-17-11-13-20(14-12-17)29-24(31)21-9-4-5-10-22(21)28-25(29)32-16(2)23(30)27-19-8-6-7-18(26)15-19/h4-16H,3H2,1-2H3,(H,27,30). The average molecular weight is 464 g/mol. The number of carbonyl (C=O) groups excluding carboxylic acids is 1. The Morgan fingerprint density at radius 1 is 1.09 bits per heavy atom. The SMILES string of the molecule is CCc1ccc(-n2c(SC(C)C(=O)Nc3cccc(Cl)c3)nc3ccccc3c2=O)cc1. The number of nitrogens with one attached hydrogen (secondary N) is 1. The predicted molar refractivity (Wildman–Crippen MR) is 132 cm³/mol. The molecule has 1 atom stereocenters. The molecule has 162 valence electrons. The fourth-order valence-electron chi connectivity index (χ4n) is 3.32. The highest BCUT2D eigenvalue weighted by atomic mass is 35.5. The Hall–Kier alpha value is -3.09. The molecular weight excluding hydrogens is 442 g/mol. The van der Waals surface area contributed by atoms with Crippen LogP contribution in [0.4, 0.5) is 5.69 Å². The Bertz CT molecular complexity index is 1340. The topological polar surface area (TPSA) is 64.0 Å². The van der Waals surface area contributed by atoms with Gasteiger partial charge in [0.15, 0.2) is 5.16 Å². The average Bonchev–Trinajstić information content (AvgIpc) is 2.79. The number of aryl methyl sites for hydroxylation is 1. The third kappa shape index (κ3) is 4.71. The van der Waals surface area contributed by atoms with E-state index in [-0.39, 0.29) is 11.5 Å². The molecule has 1 unspecified atom stereocenters. The van der Waals surface area contributed by atoms with Crippen LogP contribution in [0.1, 0.15) is 19.4 Å². The lowest BCUT2D eigenvalue weighted by Crippen LogP contribution is -2.26. The Balaban J connectivity index is 1.71. The molecule has 1 amide bonds. The van der Waals surface area contributed by atoms with Crippen molar-refractivity contribution in [1.82, 2.24) is 9.55 Å². The molecule has 5 nitrogen and oxygen atoms in total. The summed E-state index contributed by atoms with van der Waals surface area (Å²) in [7, 11) is 0. The van der Waals surface area contributed by atoms with Crippen molar-refractivity contribution in [2.45, 2.75) is 30.7 Å². The molecule has 4 aromatic rings. The molecule has 0 bridgehead atoms. The van der Waals surface area contributed by atoms with Crippen LogP contribution in [0.2, 0.25) is 5.02 Å². The van der Waals surface area contributed by atoms with Gasteiger partial charge in [0.25, 0.3) is 5.56 Å². The van der Waals surface area contributed by atoms with Gasteiger partial charge >= 0.3 is 0 Å². The van der Waals surface area contributed by atoms with Crippen LogP contribution in [0.15, 0.2) is 82.7 Å². The number of thioether (sulfide) groups is 1. The first-order valence-electron chi connectivity index (χ1n) is 10.3. The summed E-state index contributed by atoms with van der Waals surface area (Å²) in [4.78, 5) is 30.9. The quantitative estimate of drug-likeness (QED) is 0.293. The van der Waals surface area contributed by atoms with Crippen LogP contribution >= 0.6 is 23.4 Å². The van der Waals surface area contributed by atoms with E-state index in [2.05, 4.69) is 12.2 Å². The molecule has 1 heterocycles. The second-order valence-electron chi connectivity index (χ2n) is 7.33. The first-order valence-corrected chi connectivity index (χ1v) is 11.6. The fourth-order valence-corrected chi connectivity index (χ4v) is 4.44. The van der Waals surface area contributed by atoms with E-state index in [1.54, 1.807) is 41.8 Å². The van der Waals surface area contributed by atoms with Gasteiger partial charge in [-0.1, -0.05) is 60.6 Å². The number of para-hydroxylation sites is 1. The van der Waals surface area contributed by atoms with Crippen LogP contribution < -0.4 is 10.9 Å². The van der Waals surface area contributed by atoms with Gasteiger partial charge in [0.1, 0.15) is 0 Å². The largest absolute Gasteiger partial charge is 0.325 e. The lowest BCUT2D eigenvalue weighted by molar-refractivity contribution is -0.115. The molecule has 32 heavy (non-hydrogen) atoms. The van der Waals surface area contributed by atoms with Crippen LogP contribution in [-0.4, -0.2) is 20.7 Å². The van der Waals surface area contributed by atoms with E-state index in [4.69, 9.17) is 16.6 Å². The molecule has 0 aliphatic rings. The number of anilines is 1. The summed E-state index contributed by atoms with van der Waals surface area (Å²) in [5, 5.41) is 3.92.